The van der Waals surface area contributed by atoms with Gasteiger partial charge in [0.25, 0.3) is 5.91 Å². The van der Waals surface area contributed by atoms with Gasteiger partial charge in [-0.1, -0.05) is 0 Å². The van der Waals surface area contributed by atoms with Crippen molar-refractivity contribution in [2.24, 2.45) is 27.9 Å². The first-order valence-electron chi connectivity index (χ1n) is 14.4. The Kier molecular flexibility index (Phi) is 14.4. The molecule has 1 saturated heterocycles. The fraction of sp³-hybridized carbons (Fsp3) is 0.615. The van der Waals surface area contributed by atoms with Gasteiger partial charge in [0.2, 0.25) is 23.9 Å². The molecule has 0 aromatic carbocycles. The number of carboxylic acid groups (broad SMARTS) is 2. The Morgan fingerprint density at radius 3 is 2.43 bits per heavy atom. The van der Waals surface area contributed by atoms with Gasteiger partial charge in [-0.25, -0.2) is 4.79 Å². The van der Waals surface area contributed by atoms with Crippen LogP contribution in [-0.4, -0.2) is 122 Å². The van der Waals surface area contributed by atoms with Gasteiger partial charge in [0, 0.05) is 24.3 Å². The van der Waals surface area contributed by atoms with Gasteiger partial charge in [-0.05, 0) is 32.6 Å². The molecule has 0 aromatic heterocycles. The molecule has 21 heteroatoms. The Morgan fingerprint density at radius 1 is 1.17 bits per heavy atom. The van der Waals surface area contributed by atoms with Gasteiger partial charge >= 0.3 is 17.9 Å². The Hall–Kier alpha value is -4.47. The largest absolute Gasteiger partial charge is 0.480 e. The van der Waals surface area contributed by atoms with E-state index in [-0.39, 0.29) is 55.9 Å². The first-order chi connectivity index (χ1) is 22.0. The number of ether oxygens (including phenoxy) is 1. The van der Waals surface area contributed by atoms with E-state index < -0.39 is 89.6 Å². The third-order valence-corrected chi connectivity index (χ3v) is 8.57. The molecule has 1 fully saturated rings. The summed E-state index contributed by atoms with van der Waals surface area (Å²) >= 11 is 0.982. The molecule has 4 amide bonds. The number of aliphatic hydroxyl groups excluding tert-OH is 1. The second-order valence-corrected chi connectivity index (χ2v) is 11.9. The summed E-state index contributed by atoms with van der Waals surface area (Å²) in [4.78, 5) is 89.9. The third-order valence-electron chi connectivity index (χ3n) is 7.17. The molecule has 2 rings (SSSR count). The van der Waals surface area contributed by atoms with E-state index in [9.17, 15) is 43.8 Å². The van der Waals surface area contributed by atoms with Gasteiger partial charge in [0.1, 0.15) is 23.7 Å². The van der Waals surface area contributed by atoms with Crippen LogP contribution in [-0.2, 0) is 38.3 Å². The predicted molar refractivity (Wildman–Crippen MR) is 164 cm³/mol. The molecule has 47 heavy (non-hydrogen) atoms. The van der Waals surface area contributed by atoms with E-state index in [1.807, 2.05) is 0 Å². The minimum Gasteiger partial charge on any atom is -0.480 e. The monoisotopic (exact) mass is 687 g/mol. The molecule has 2 heterocycles. The van der Waals surface area contributed by atoms with Crippen LogP contribution < -0.4 is 38.9 Å². The van der Waals surface area contributed by atoms with Gasteiger partial charge in [-0.15, -0.1) is 11.8 Å². The molecule has 0 aromatic rings. The number of guanidine groups is 1. The molecule has 2 aliphatic heterocycles. The zero-order chi connectivity index (χ0) is 35.5. The average molecular weight is 688 g/mol. The number of aliphatic imine (C=N–C) groups is 1. The molecule has 20 nitrogen and oxygen atoms in total. The van der Waals surface area contributed by atoms with E-state index in [1.165, 1.54) is 6.92 Å². The number of carbonyl (C=O) groups excluding carboxylic acids is 5. The van der Waals surface area contributed by atoms with Crippen LogP contribution in [0.4, 0.5) is 0 Å². The van der Waals surface area contributed by atoms with E-state index in [0.717, 1.165) is 16.7 Å². The molecule has 0 saturated carbocycles. The van der Waals surface area contributed by atoms with Crippen molar-refractivity contribution in [2.75, 3.05) is 18.9 Å². The number of carbonyl (C=O) groups is 7. The lowest BCUT2D eigenvalue weighted by Crippen LogP contribution is -2.85. The smallest absolute Gasteiger partial charge is 0.352 e. The van der Waals surface area contributed by atoms with Crippen molar-refractivity contribution in [2.45, 2.75) is 80.7 Å². The standard InChI is InChI=1S/C26H41N9O11S/c1-12(27)20(40)33-15(5-3-7-31-25(29)30)16(37)8-18(39)46-9-13-10-47-24-26(32-11-36,23(45)35(24)19(13)22(43)44)34-17(38)6-2-4-14(28)21(41)42/h11-12,14-16,24,37H,2-10,27-28H2,1H3,(H,32,36)(H,33,40)(H,34,38)(H,41,42)(H,43,44)(H4,29,30,31)/t12-,14+,15+,16-,24?,26-/m1/s1. The molecule has 6 atom stereocenters. The Labute approximate surface area is 273 Å². The molecule has 14 N–H and O–H groups in total. The minimum atomic E-state index is -1.98. The highest BCUT2D eigenvalue weighted by atomic mass is 32.2. The van der Waals surface area contributed by atoms with Crippen LogP contribution in [0.25, 0.3) is 0 Å². The van der Waals surface area contributed by atoms with E-state index in [2.05, 4.69) is 20.9 Å². The fourth-order valence-electron chi connectivity index (χ4n) is 4.73. The lowest BCUT2D eigenvalue weighted by atomic mass is 9.94. The first kappa shape index (κ1) is 38.7. The number of hydrogen-bond acceptors (Lipinski definition) is 13. The van der Waals surface area contributed by atoms with Crippen LogP contribution in [0.5, 0.6) is 0 Å². The van der Waals surface area contributed by atoms with Crippen molar-refractivity contribution in [3.63, 3.8) is 0 Å². The van der Waals surface area contributed by atoms with Crippen LogP contribution >= 0.6 is 11.8 Å². The topological polar surface area (TPSA) is 345 Å². The summed E-state index contributed by atoms with van der Waals surface area (Å²) in [6, 6.07) is -3.01. The number of nitrogens with zero attached hydrogens (tertiary/aromatic N) is 2. The number of hydrogen-bond donors (Lipinski definition) is 10. The Balaban J connectivity index is 2.10. The Bertz CT molecular complexity index is 1290. The summed E-state index contributed by atoms with van der Waals surface area (Å²) in [6.07, 6.45) is -1.51. The molecule has 262 valence electrons. The quantitative estimate of drug-likeness (QED) is 0.0110. The van der Waals surface area contributed by atoms with Crippen molar-refractivity contribution in [1.82, 2.24) is 20.9 Å². The maximum Gasteiger partial charge on any atom is 0.352 e. The van der Waals surface area contributed by atoms with Gasteiger partial charge in [0.15, 0.2) is 5.96 Å². The number of fused-ring (bicyclic) bond motifs is 1. The summed E-state index contributed by atoms with van der Waals surface area (Å²) in [5, 5.41) is 35.7. The number of amides is 4. The number of esters is 1. The van der Waals surface area contributed by atoms with Crippen molar-refractivity contribution < 1.29 is 53.6 Å². The molecule has 2 aliphatic rings. The SMILES string of the molecule is C[C@@H](N)C(=O)N[C@@H](CCCN=C(N)N)[C@H](O)CC(=O)OCC1=C(C(=O)O)N2C(=O)[C@@](NC=O)(NC(=O)CCC[C@H](N)C(=O)O)C2SC1. The van der Waals surface area contributed by atoms with Crippen molar-refractivity contribution in [1.29, 1.82) is 0 Å². The summed E-state index contributed by atoms with van der Waals surface area (Å²) < 4.78 is 5.22. The zero-order valence-corrected chi connectivity index (χ0v) is 26.4. The van der Waals surface area contributed by atoms with E-state index in [4.69, 9.17) is 32.8 Å². The van der Waals surface area contributed by atoms with Crippen molar-refractivity contribution in [3.05, 3.63) is 11.3 Å². The number of rotatable bonds is 20. The summed E-state index contributed by atoms with van der Waals surface area (Å²) in [5.74, 6) is -6.21. The van der Waals surface area contributed by atoms with Crippen molar-refractivity contribution >= 4 is 59.8 Å². The number of aliphatic hydroxyl groups is 1. The van der Waals surface area contributed by atoms with E-state index in [1.54, 1.807) is 0 Å². The second kappa shape index (κ2) is 17.4. The molecular formula is C26H41N9O11S. The molecular weight excluding hydrogens is 646 g/mol. The highest BCUT2D eigenvalue weighted by Gasteiger charge is 2.66. The van der Waals surface area contributed by atoms with Gasteiger partial charge in [-0.3, -0.25) is 38.7 Å². The van der Waals surface area contributed by atoms with Crippen LogP contribution in [0.3, 0.4) is 0 Å². The highest BCUT2D eigenvalue weighted by molar-refractivity contribution is 8.00. The molecule has 0 bridgehead atoms. The minimum absolute atomic E-state index is 0.0260. The molecule has 0 radical (unpaired) electrons. The summed E-state index contributed by atoms with van der Waals surface area (Å²) in [6.45, 7) is 1.06. The van der Waals surface area contributed by atoms with Gasteiger partial charge in [0.05, 0.1) is 24.6 Å². The Morgan fingerprint density at radius 2 is 1.85 bits per heavy atom. The number of nitrogens with one attached hydrogen (secondary N) is 3. The highest BCUT2D eigenvalue weighted by Crippen LogP contribution is 2.45. The lowest BCUT2D eigenvalue weighted by Gasteiger charge is -2.56. The molecule has 0 spiro atoms. The van der Waals surface area contributed by atoms with Crippen molar-refractivity contribution in [3.8, 4) is 0 Å². The maximum absolute atomic E-state index is 13.3. The fourth-order valence-corrected chi connectivity index (χ4v) is 6.14. The van der Waals surface area contributed by atoms with Gasteiger partial charge < -0.3 is 58.9 Å². The second-order valence-electron chi connectivity index (χ2n) is 10.8. The zero-order valence-electron chi connectivity index (χ0n) is 25.5. The number of β-lactam (4-membered cyclic amide) rings is 1. The summed E-state index contributed by atoms with van der Waals surface area (Å²) in [7, 11) is 0. The lowest BCUT2D eigenvalue weighted by molar-refractivity contribution is -0.162. The van der Waals surface area contributed by atoms with Crippen LogP contribution in [0.2, 0.25) is 0 Å². The normalized spacial score (nSPS) is 21.1. The van der Waals surface area contributed by atoms with Crippen LogP contribution in [0.1, 0.15) is 45.4 Å². The average Bonchev–Trinajstić information content (AvgIpc) is 2.99. The number of nitrogens with two attached hydrogens (primary N) is 4. The number of aliphatic carboxylic acids is 2. The van der Waals surface area contributed by atoms with Gasteiger partial charge in [-0.2, -0.15) is 0 Å². The van der Waals surface area contributed by atoms with E-state index >= 15 is 0 Å². The predicted octanol–water partition coefficient (Wildman–Crippen LogP) is -4.44. The number of carboxylic acids is 2. The molecule has 1 unspecified atom stereocenters. The number of thioether (sulfide) groups is 1. The first-order valence-corrected chi connectivity index (χ1v) is 15.5. The van der Waals surface area contributed by atoms with Crippen LogP contribution in [0, 0.1) is 0 Å². The third kappa shape index (κ3) is 10.3. The maximum atomic E-state index is 13.3. The van der Waals surface area contributed by atoms with E-state index in [0.29, 0.717) is 6.42 Å². The summed E-state index contributed by atoms with van der Waals surface area (Å²) in [5.41, 5.74) is 19.2. The molecule has 0 aliphatic carbocycles. The van der Waals surface area contributed by atoms with Crippen LogP contribution in [0.15, 0.2) is 16.3 Å².